The van der Waals surface area contributed by atoms with Crippen LogP contribution in [0.3, 0.4) is 0 Å². The highest BCUT2D eigenvalue weighted by molar-refractivity contribution is 6.31. The fourth-order valence-electron chi connectivity index (χ4n) is 1.27. The maximum atomic E-state index is 6.03. The lowest BCUT2D eigenvalue weighted by Gasteiger charge is -2.04. The molecule has 0 aromatic carbocycles. The summed E-state index contributed by atoms with van der Waals surface area (Å²) < 4.78 is 7.36. The molecule has 0 aliphatic rings. The van der Waals surface area contributed by atoms with Crippen LogP contribution in [-0.2, 0) is 17.9 Å². The number of nitrogens with zero attached hydrogens (tertiary/aromatic N) is 2. The normalized spacial score (nSPS) is 11.3. The average molecular weight is 231 g/mol. The van der Waals surface area contributed by atoms with Crippen LogP contribution in [0.15, 0.2) is 6.20 Å². The van der Waals surface area contributed by atoms with Crippen molar-refractivity contribution in [3.63, 3.8) is 0 Å². The van der Waals surface area contributed by atoms with Crippen LogP contribution in [0.4, 0.5) is 0 Å². The van der Waals surface area contributed by atoms with Gasteiger partial charge in [-0.05, 0) is 12.3 Å². The molecule has 0 unspecified atom stereocenters. The van der Waals surface area contributed by atoms with Crippen molar-refractivity contribution in [2.75, 3.05) is 6.61 Å². The fraction of sp³-hybridized carbons (Fsp3) is 0.727. The highest BCUT2D eigenvalue weighted by Gasteiger charge is 2.06. The number of hydrogen-bond donors (Lipinski definition) is 0. The Morgan fingerprint density at radius 1 is 1.53 bits per heavy atom. The Kier molecular flexibility index (Phi) is 5.12. The van der Waals surface area contributed by atoms with Gasteiger partial charge in [0, 0.05) is 19.3 Å². The van der Waals surface area contributed by atoms with Crippen molar-refractivity contribution in [3.05, 3.63) is 16.9 Å². The van der Waals surface area contributed by atoms with E-state index in [4.69, 9.17) is 16.3 Å². The molecule has 86 valence electrons. The minimum atomic E-state index is 0.508. The molecule has 0 radical (unpaired) electrons. The summed E-state index contributed by atoms with van der Waals surface area (Å²) in [4.78, 5) is 0. The third-order valence-electron chi connectivity index (χ3n) is 1.93. The first-order chi connectivity index (χ1) is 7.13. The van der Waals surface area contributed by atoms with Gasteiger partial charge in [0.15, 0.2) is 0 Å². The molecule has 0 spiro atoms. The third kappa shape index (κ3) is 4.22. The van der Waals surface area contributed by atoms with Crippen LogP contribution in [0, 0.1) is 5.92 Å². The number of rotatable bonds is 6. The maximum Gasteiger partial charge on any atom is 0.107 e. The van der Waals surface area contributed by atoms with Crippen molar-refractivity contribution >= 4 is 11.6 Å². The predicted octanol–water partition coefficient (Wildman–Crippen LogP) is 3.12. The fourth-order valence-corrected chi connectivity index (χ4v) is 1.47. The van der Waals surface area contributed by atoms with Crippen molar-refractivity contribution in [3.8, 4) is 0 Å². The summed E-state index contributed by atoms with van der Waals surface area (Å²) in [5.74, 6) is 0.543. The molecular weight excluding hydrogens is 212 g/mol. The molecular formula is C11H19ClN2O. The molecule has 1 aromatic rings. The van der Waals surface area contributed by atoms with E-state index in [2.05, 4.69) is 25.9 Å². The predicted molar refractivity (Wildman–Crippen MR) is 62.0 cm³/mol. The summed E-state index contributed by atoms with van der Waals surface area (Å²) in [5.41, 5.74) is 0.839. The molecule has 0 N–H and O–H groups in total. The Labute approximate surface area is 96.4 Å². The van der Waals surface area contributed by atoms with Gasteiger partial charge in [0.2, 0.25) is 0 Å². The lowest BCUT2D eigenvalue weighted by molar-refractivity contribution is 0.0944. The van der Waals surface area contributed by atoms with Gasteiger partial charge in [0.25, 0.3) is 0 Å². The first-order valence-corrected chi connectivity index (χ1v) is 5.80. The number of ether oxygens (including phenoxy) is 1. The number of aryl methyl sites for hydroxylation is 1. The maximum absolute atomic E-state index is 6.03. The van der Waals surface area contributed by atoms with Gasteiger partial charge in [-0.15, -0.1) is 0 Å². The van der Waals surface area contributed by atoms with Crippen molar-refractivity contribution in [2.24, 2.45) is 5.92 Å². The highest BCUT2D eigenvalue weighted by Crippen LogP contribution is 2.15. The van der Waals surface area contributed by atoms with Crippen LogP contribution < -0.4 is 0 Å². The van der Waals surface area contributed by atoms with Crippen LogP contribution in [-0.4, -0.2) is 16.4 Å². The lowest BCUT2D eigenvalue weighted by atomic mass is 10.2. The standard InChI is InChI=1S/C11H19ClN2O/c1-4-5-14-6-10(12)11(13-14)8-15-7-9(2)3/h6,9H,4-5,7-8H2,1-3H3. The second-order valence-electron chi connectivity index (χ2n) is 4.10. The topological polar surface area (TPSA) is 27.1 Å². The Morgan fingerprint density at radius 2 is 2.27 bits per heavy atom. The molecule has 1 heterocycles. The van der Waals surface area contributed by atoms with Gasteiger partial charge in [-0.1, -0.05) is 32.4 Å². The summed E-state index contributed by atoms with van der Waals surface area (Å²) in [6.07, 6.45) is 2.92. The van der Waals surface area contributed by atoms with Gasteiger partial charge in [-0.3, -0.25) is 4.68 Å². The summed E-state index contributed by atoms with van der Waals surface area (Å²) >= 11 is 6.03. The van der Waals surface area contributed by atoms with Gasteiger partial charge in [0.05, 0.1) is 11.6 Å². The Hall–Kier alpha value is -0.540. The SMILES string of the molecule is CCCn1cc(Cl)c(COCC(C)C)n1. The van der Waals surface area contributed by atoms with Crippen LogP contribution in [0.2, 0.25) is 5.02 Å². The molecule has 0 aliphatic carbocycles. The summed E-state index contributed by atoms with van der Waals surface area (Å²) in [6.45, 7) is 8.52. The molecule has 0 bridgehead atoms. The largest absolute Gasteiger partial charge is 0.375 e. The van der Waals surface area contributed by atoms with E-state index in [1.54, 1.807) is 0 Å². The summed E-state index contributed by atoms with van der Waals surface area (Å²) in [6, 6.07) is 0. The van der Waals surface area contributed by atoms with E-state index in [9.17, 15) is 0 Å². The molecule has 0 amide bonds. The summed E-state index contributed by atoms with van der Waals surface area (Å²) in [7, 11) is 0. The molecule has 0 atom stereocenters. The zero-order chi connectivity index (χ0) is 11.3. The van der Waals surface area contributed by atoms with Crippen LogP contribution in [0.1, 0.15) is 32.9 Å². The number of aromatic nitrogens is 2. The number of hydrogen-bond acceptors (Lipinski definition) is 2. The van der Waals surface area contributed by atoms with E-state index in [1.165, 1.54) is 0 Å². The van der Waals surface area contributed by atoms with E-state index in [0.29, 0.717) is 17.5 Å². The Balaban J connectivity index is 2.46. The van der Waals surface area contributed by atoms with E-state index < -0.39 is 0 Å². The van der Waals surface area contributed by atoms with E-state index in [-0.39, 0.29) is 0 Å². The molecule has 1 rings (SSSR count). The zero-order valence-electron chi connectivity index (χ0n) is 9.66. The molecule has 0 fully saturated rings. The highest BCUT2D eigenvalue weighted by atomic mass is 35.5. The molecule has 0 saturated heterocycles. The van der Waals surface area contributed by atoms with Gasteiger partial charge < -0.3 is 4.74 Å². The second-order valence-corrected chi connectivity index (χ2v) is 4.50. The molecule has 3 nitrogen and oxygen atoms in total. The van der Waals surface area contributed by atoms with E-state index in [1.807, 2.05) is 10.9 Å². The average Bonchev–Trinajstić information content (AvgIpc) is 2.47. The Morgan fingerprint density at radius 3 is 2.87 bits per heavy atom. The van der Waals surface area contributed by atoms with Crippen molar-refractivity contribution in [1.29, 1.82) is 0 Å². The molecule has 0 aliphatic heterocycles. The lowest BCUT2D eigenvalue weighted by Crippen LogP contribution is -2.03. The van der Waals surface area contributed by atoms with Crippen LogP contribution in [0.5, 0.6) is 0 Å². The van der Waals surface area contributed by atoms with Crippen LogP contribution >= 0.6 is 11.6 Å². The monoisotopic (exact) mass is 230 g/mol. The number of halogens is 1. The summed E-state index contributed by atoms with van der Waals surface area (Å²) in [5, 5.41) is 5.06. The first-order valence-electron chi connectivity index (χ1n) is 5.43. The molecule has 1 aromatic heterocycles. The zero-order valence-corrected chi connectivity index (χ0v) is 10.4. The van der Waals surface area contributed by atoms with Gasteiger partial charge in [-0.2, -0.15) is 5.10 Å². The van der Waals surface area contributed by atoms with Crippen molar-refractivity contribution in [1.82, 2.24) is 9.78 Å². The van der Waals surface area contributed by atoms with Crippen molar-refractivity contribution < 1.29 is 4.74 Å². The van der Waals surface area contributed by atoms with E-state index >= 15 is 0 Å². The molecule has 0 saturated carbocycles. The van der Waals surface area contributed by atoms with E-state index in [0.717, 1.165) is 25.3 Å². The van der Waals surface area contributed by atoms with Gasteiger partial charge in [0.1, 0.15) is 5.69 Å². The Bertz CT molecular complexity index is 297. The second kappa shape index (κ2) is 6.13. The van der Waals surface area contributed by atoms with Crippen LogP contribution in [0.25, 0.3) is 0 Å². The van der Waals surface area contributed by atoms with Gasteiger partial charge in [-0.25, -0.2) is 0 Å². The third-order valence-corrected chi connectivity index (χ3v) is 2.25. The minimum absolute atomic E-state index is 0.508. The molecule has 4 heteroatoms. The van der Waals surface area contributed by atoms with Crippen molar-refractivity contribution in [2.45, 2.75) is 40.3 Å². The smallest absolute Gasteiger partial charge is 0.107 e. The quantitative estimate of drug-likeness (QED) is 0.751. The van der Waals surface area contributed by atoms with Gasteiger partial charge >= 0.3 is 0 Å². The first kappa shape index (κ1) is 12.5. The molecule has 15 heavy (non-hydrogen) atoms. The minimum Gasteiger partial charge on any atom is -0.375 e.